The Labute approximate surface area is 125 Å². The third-order valence-corrected chi connectivity index (χ3v) is 4.35. The molecule has 0 spiro atoms. The van der Waals surface area contributed by atoms with Crippen LogP contribution >= 0.6 is 9.24 Å². The van der Waals surface area contributed by atoms with E-state index in [-0.39, 0.29) is 0 Å². The number of hydrogen-bond donors (Lipinski definition) is 0. The Morgan fingerprint density at radius 3 is 2.14 bits per heavy atom. The number of hydrogen-bond acceptors (Lipinski definition) is 1. The van der Waals surface area contributed by atoms with Crippen LogP contribution in [0.2, 0.25) is 0 Å². The molecule has 0 aliphatic rings. The fraction of sp³-hybridized carbons (Fsp3) is 0. The van der Waals surface area contributed by atoms with Gasteiger partial charge in [-0.25, -0.2) is 0 Å². The molecule has 0 saturated carbocycles. The van der Waals surface area contributed by atoms with Crippen molar-refractivity contribution < 1.29 is 0 Å². The Kier molecular flexibility index (Phi) is 2.94. The van der Waals surface area contributed by atoms with Crippen molar-refractivity contribution in [3.05, 3.63) is 72.9 Å². The van der Waals surface area contributed by atoms with Crippen molar-refractivity contribution in [3.63, 3.8) is 0 Å². The average Bonchev–Trinajstić information content (AvgIpc) is 2.54. The minimum Gasteiger partial charge on any atom is -0.256 e. The Morgan fingerprint density at radius 1 is 0.667 bits per heavy atom. The minimum absolute atomic E-state index is 1.05. The van der Waals surface area contributed by atoms with E-state index in [0.717, 1.165) is 5.69 Å². The average molecular weight is 287 g/mol. The number of nitrogens with zero attached hydrogens (tertiary/aromatic N) is 1. The third kappa shape index (κ3) is 2.02. The lowest BCUT2D eigenvalue weighted by Gasteiger charge is -2.12. The maximum absolute atomic E-state index is 4.67. The van der Waals surface area contributed by atoms with Crippen molar-refractivity contribution in [1.29, 1.82) is 0 Å². The highest BCUT2D eigenvalue weighted by Crippen LogP contribution is 2.31. The summed E-state index contributed by atoms with van der Waals surface area (Å²) in [5, 5.41) is 6.08. The number of pyridine rings is 1. The van der Waals surface area contributed by atoms with E-state index in [2.05, 4.69) is 81.0 Å². The maximum atomic E-state index is 4.67. The summed E-state index contributed by atoms with van der Waals surface area (Å²) in [4.78, 5) is 4.67. The van der Waals surface area contributed by atoms with Crippen LogP contribution in [0, 0.1) is 0 Å². The molecule has 1 aromatic heterocycles. The SMILES string of the molecule is Pc1ccc2ccccc2c1-c1nccc2ccccc12. The van der Waals surface area contributed by atoms with Crippen LogP contribution in [0.4, 0.5) is 0 Å². The number of aromatic nitrogens is 1. The van der Waals surface area contributed by atoms with Crippen LogP contribution in [0.3, 0.4) is 0 Å². The highest BCUT2D eigenvalue weighted by Gasteiger charge is 2.11. The van der Waals surface area contributed by atoms with E-state index >= 15 is 0 Å². The molecule has 3 aromatic carbocycles. The largest absolute Gasteiger partial charge is 0.256 e. The molecule has 21 heavy (non-hydrogen) atoms. The highest BCUT2D eigenvalue weighted by molar-refractivity contribution is 7.28. The van der Waals surface area contributed by atoms with Gasteiger partial charge in [-0.2, -0.15) is 0 Å². The van der Waals surface area contributed by atoms with E-state index in [1.807, 2.05) is 6.20 Å². The molecule has 0 bridgehead atoms. The van der Waals surface area contributed by atoms with E-state index in [4.69, 9.17) is 0 Å². The first-order valence-electron chi connectivity index (χ1n) is 6.96. The molecule has 0 aliphatic carbocycles. The highest BCUT2D eigenvalue weighted by atomic mass is 31.0. The molecule has 2 heteroatoms. The van der Waals surface area contributed by atoms with Crippen molar-refractivity contribution in [3.8, 4) is 11.3 Å². The second kappa shape index (κ2) is 4.95. The molecule has 100 valence electrons. The van der Waals surface area contributed by atoms with E-state index in [1.54, 1.807) is 0 Å². The zero-order chi connectivity index (χ0) is 14.2. The lowest BCUT2D eigenvalue weighted by molar-refractivity contribution is 1.37. The summed E-state index contributed by atoms with van der Waals surface area (Å²) in [7, 11) is 2.84. The van der Waals surface area contributed by atoms with Gasteiger partial charge in [-0.1, -0.05) is 60.7 Å². The molecule has 1 unspecified atom stereocenters. The fourth-order valence-corrected chi connectivity index (χ4v) is 3.26. The number of benzene rings is 3. The molecule has 1 atom stereocenters. The molecule has 0 saturated heterocycles. The Morgan fingerprint density at radius 2 is 1.33 bits per heavy atom. The molecule has 0 aliphatic heterocycles. The normalized spacial score (nSPS) is 11.1. The van der Waals surface area contributed by atoms with Gasteiger partial charge in [0.05, 0.1) is 5.69 Å². The molecule has 0 N–H and O–H groups in total. The topological polar surface area (TPSA) is 12.9 Å². The van der Waals surface area contributed by atoms with Crippen LogP contribution in [0.15, 0.2) is 72.9 Å². The standard InChI is InChI=1S/C19H14NP/c21-17-10-9-13-5-1-3-7-15(13)18(17)19-16-8-4-2-6-14(16)11-12-20-19/h1-12H,21H2. The predicted molar refractivity (Wildman–Crippen MR) is 94.0 cm³/mol. The van der Waals surface area contributed by atoms with Crippen molar-refractivity contribution in [2.75, 3.05) is 0 Å². The molecular formula is C19H14NP. The fourth-order valence-electron chi connectivity index (χ4n) is 2.87. The molecule has 1 nitrogen and oxygen atoms in total. The lowest BCUT2D eigenvalue weighted by atomic mass is 9.98. The molecule has 0 fully saturated rings. The molecule has 1 heterocycles. The second-order valence-corrected chi connectivity index (χ2v) is 5.75. The maximum Gasteiger partial charge on any atom is 0.0792 e. The van der Waals surface area contributed by atoms with Crippen molar-refractivity contribution in [1.82, 2.24) is 4.98 Å². The zero-order valence-corrected chi connectivity index (χ0v) is 12.6. The first kappa shape index (κ1) is 12.5. The molecular weight excluding hydrogens is 273 g/mol. The molecule has 0 radical (unpaired) electrons. The summed E-state index contributed by atoms with van der Waals surface area (Å²) < 4.78 is 0. The van der Waals surface area contributed by atoms with Gasteiger partial charge in [0.15, 0.2) is 0 Å². The first-order chi connectivity index (χ1) is 10.3. The molecule has 0 amide bonds. The van der Waals surface area contributed by atoms with Crippen LogP contribution in [-0.4, -0.2) is 4.98 Å². The predicted octanol–water partition coefficient (Wildman–Crippen LogP) is 4.56. The summed E-state index contributed by atoms with van der Waals surface area (Å²) in [6.07, 6.45) is 1.89. The Balaban J connectivity index is 2.16. The number of rotatable bonds is 1. The van der Waals surface area contributed by atoms with Crippen molar-refractivity contribution >= 4 is 36.1 Å². The van der Waals surface area contributed by atoms with Gasteiger partial charge in [0.2, 0.25) is 0 Å². The van der Waals surface area contributed by atoms with Crippen LogP contribution in [0.5, 0.6) is 0 Å². The van der Waals surface area contributed by atoms with Gasteiger partial charge < -0.3 is 0 Å². The van der Waals surface area contributed by atoms with E-state index in [9.17, 15) is 0 Å². The second-order valence-electron chi connectivity index (χ2n) is 5.13. The van der Waals surface area contributed by atoms with Crippen LogP contribution in [-0.2, 0) is 0 Å². The Bertz CT molecular complexity index is 954. The van der Waals surface area contributed by atoms with Gasteiger partial charge in [-0.05, 0) is 27.5 Å². The van der Waals surface area contributed by atoms with Crippen LogP contribution < -0.4 is 5.30 Å². The summed E-state index contributed by atoms with van der Waals surface area (Å²) in [5.41, 5.74) is 2.25. The summed E-state index contributed by atoms with van der Waals surface area (Å²) in [6.45, 7) is 0. The van der Waals surface area contributed by atoms with Crippen LogP contribution in [0.25, 0.3) is 32.8 Å². The van der Waals surface area contributed by atoms with E-state index < -0.39 is 0 Å². The van der Waals surface area contributed by atoms with Crippen LogP contribution in [0.1, 0.15) is 0 Å². The molecule has 4 aromatic rings. The summed E-state index contributed by atoms with van der Waals surface area (Å²) in [5.74, 6) is 0. The van der Waals surface area contributed by atoms with Gasteiger partial charge in [-0.15, -0.1) is 9.24 Å². The van der Waals surface area contributed by atoms with Gasteiger partial charge in [0.1, 0.15) is 0 Å². The van der Waals surface area contributed by atoms with Gasteiger partial charge in [-0.3, -0.25) is 4.98 Å². The zero-order valence-electron chi connectivity index (χ0n) is 11.5. The summed E-state index contributed by atoms with van der Waals surface area (Å²) >= 11 is 0. The molecule has 4 rings (SSSR count). The number of fused-ring (bicyclic) bond motifs is 2. The van der Waals surface area contributed by atoms with Gasteiger partial charge in [0.25, 0.3) is 0 Å². The van der Waals surface area contributed by atoms with E-state index in [1.165, 1.54) is 32.4 Å². The summed E-state index contributed by atoms with van der Waals surface area (Å²) in [6, 6.07) is 23.3. The smallest absolute Gasteiger partial charge is 0.0792 e. The third-order valence-electron chi connectivity index (χ3n) is 3.87. The van der Waals surface area contributed by atoms with Gasteiger partial charge >= 0.3 is 0 Å². The van der Waals surface area contributed by atoms with Crippen molar-refractivity contribution in [2.45, 2.75) is 0 Å². The Hall–Kier alpha value is -2.24. The van der Waals surface area contributed by atoms with Gasteiger partial charge in [0, 0.05) is 17.1 Å². The van der Waals surface area contributed by atoms with E-state index in [0.29, 0.717) is 0 Å². The van der Waals surface area contributed by atoms with Crippen molar-refractivity contribution in [2.24, 2.45) is 0 Å². The lowest BCUT2D eigenvalue weighted by Crippen LogP contribution is -2.00. The first-order valence-corrected chi connectivity index (χ1v) is 7.54. The quantitative estimate of drug-likeness (QED) is 0.468. The minimum atomic E-state index is 1.05. The monoisotopic (exact) mass is 287 g/mol.